The molecular weight excluding hydrogens is 342 g/mol. The van der Waals surface area contributed by atoms with E-state index >= 15 is 0 Å². The van der Waals surface area contributed by atoms with Crippen molar-refractivity contribution in [3.63, 3.8) is 0 Å². The van der Waals surface area contributed by atoms with Crippen molar-refractivity contribution in [2.45, 2.75) is 18.9 Å². The van der Waals surface area contributed by atoms with Crippen LogP contribution in [0.2, 0.25) is 0 Å². The zero-order valence-electron chi connectivity index (χ0n) is 13.8. The SMILES string of the molecule is Cl.O=C(CNC(=O)c1ccn(C2CCCNC2)n1)Nc1ccccc1. The van der Waals surface area contributed by atoms with Crippen molar-refractivity contribution >= 4 is 29.9 Å². The minimum atomic E-state index is -0.347. The summed E-state index contributed by atoms with van der Waals surface area (Å²) in [6.07, 6.45) is 3.97. The van der Waals surface area contributed by atoms with Crippen LogP contribution in [0.5, 0.6) is 0 Å². The molecule has 2 aromatic rings. The topological polar surface area (TPSA) is 88.1 Å². The molecule has 1 aromatic carbocycles. The highest BCUT2D eigenvalue weighted by molar-refractivity contribution is 5.98. The van der Waals surface area contributed by atoms with Crippen LogP contribution in [0.1, 0.15) is 29.4 Å². The Morgan fingerprint density at radius 2 is 2.04 bits per heavy atom. The van der Waals surface area contributed by atoms with Crippen LogP contribution in [0.4, 0.5) is 5.69 Å². The van der Waals surface area contributed by atoms with E-state index in [1.54, 1.807) is 18.2 Å². The van der Waals surface area contributed by atoms with Crippen molar-refractivity contribution < 1.29 is 9.59 Å². The molecule has 0 saturated carbocycles. The predicted molar refractivity (Wildman–Crippen MR) is 98.0 cm³/mol. The van der Waals surface area contributed by atoms with Gasteiger partial charge in [0.15, 0.2) is 0 Å². The van der Waals surface area contributed by atoms with Crippen LogP contribution in [0.15, 0.2) is 42.6 Å². The lowest BCUT2D eigenvalue weighted by Crippen LogP contribution is -2.34. The molecule has 2 amide bonds. The van der Waals surface area contributed by atoms with Gasteiger partial charge >= 0.3 is 0 Å². The van der Waals surface area contributed by atoms with E-state index in [2.05, 4.69) is 21.0 Å². The summed E-state index contributed by atoms with van der Waals surface area (Å²) in [7, 11) is 0. The number of rotatable bonds is 5. The van der Waals surface area contributed by atoms with Crippen LogP contribution in [-0.2, 0) is 4.79 Å². The van der Waals surface area contributed by atoms with Crippen molar-refractivity contribution in [2.24, 2.45) is 0 Å². The maximum absolute atomic E-state index is 12.1. The molecule has 1 aromatic heterocycles. The normalized spacial score (nSPS) is 16.6. The highest BCUT2D eigenvalue weighted by Gasteiger charge is 2.18. The number of nitrogens with one attached hydrogen (secondary N) is 3. The minimum Gasteiger partial charge on any atom is -0.342 e. The van der Waals surface area contributed by atoms with Crippen molar-refractivity contribution in [2.75, 3.05) is 25.0 Å². The summed E-state index contributed by atoms with van der Waals surface area (Å²) >= 11 is 0. The highest BCUT2D eigenvalue weighted by atomic mass is 35.5. The Bertz CT molecular complexity index is 698. The largest absolute Gasteiger partial charge is 0.342 e. The van der Waals surface area contributed by atoms with Gasteiger partial charge in [0.05, 0.1) is 12.6 Å². The van der Waals surface area contributed by atoms with E-state index in [9.17, 15) is 9.59 Å². The molecule has 134 valence electrons. The second-order valence-corrected chi connectivity index (χ2v) is 5.78. The first-order valence-corrected chi connectivity index (χ1v) is 8.11. The number of nitrogens with zero attached hydrogens (tertiary/aromatic N) is 2. The number of halogens is 1. The number of hydrogen-bond donors (Lipinski definition) is 3. The van der Waals surface area contributed by atoms with Gasteiger partial charge in [0.1, 0.15) is 5.69 Å². The maximum atomic E-state index is 12.1. The molecule has 2 heterocycles. The standard InChI is InChI=1S/C17H21N5O2.ClH/c23-16(20-13-5-2-1-3-6-13)12-19-17(24)15-8-10-22(21-15)14-7-4-9-18-11-14;/h1-3,5-6,8,10,14,18H,4,7,9,11-12H2,(H,19,24)(H,20,23);1H. The first kappa shape index (κ1) is 19.0. The second kappa shape index (κ2) is 9.19. The average Bonchev–Trinajstić information content (AvgIpc) is 3.11. The summed E-state index contributed by atoms with van der Waals surface area (Å²) in [6.45, 7) is 1.80. The molecule has 1 atom stereocenters. The van der Waals surface area contributed by atoms with Crippen molar-refractivity contribution in [1.29, 1.82) is 0 Å². The molecule has 7 nitrogen and oxygen atoms in total. The van der Waals surface area contributed by atoms with Crippen molar-refractivity contribution in [1.82, 2.24) is 20.4 Å². The van der Waals surface area contributed by atoms with Gasteiger partial charge in [0.25, 0.3) is 5.91 Å². The molecule has 0 radical (unpaired) electrons. The lowest BCUT2D eigenvalue weighted by molar-refractivity contribution is -0.115. The number of carbonyl (C=O) groups excluding carboxylic acids is 2. The fraction of sp³-hybridized carbons (Fsp3) is 0.353. The Morgan fingerprint density at radius 3 is 2.76 bits per heavy atom. The van der Waals surface area contributed by atoms with Gasteiger partial charge in [-0.1, -0.05) is 18.2 Å². The van der Waals surface area contributed by atoms with Crippen LogP contribution in [0.25, 0.3) is 0 Å². The molecule has 1 saturated heterocycles. The molecule has 1 aliphatic heterocycles. The smallest absolute Gasteiger partial charge is 0.272 e. The molecule has 1 fully saturated rings. The molecule has 25 heavy (non-hydrogen) atoms. The number of aromatic nitrogens is 2. The number of hydrogen-bond acceptors (Lipinski definition) is 4. The van der Waals surface area contributed by atoms with E-state index in [0.29, 0.717) is 11.4 Å². The van der Waals surface area contributed by atoms with Gasteiger partial charge in [-0.05, 0) is 37.6 Å². The minimum absolute atomic E-state index is 0. The van der Waals surface area contributed by atoms with Gasteiger partial charge in [0, 0.05) is 18.4 Å². The second-order valence-electron chi connectivity index (χ2n) is 5.78. The Labute approximate surface area is 152 Å². The summed E-state index contributed by atoms with van der Waals surface area (Å²) in [4.78, 5) is 24.0. The quantitative estimate of drug-likeness (QED) is 0.753. The maximum Gasteiger partial charge on any atom is 0.272 e. The monoisotopic (exact) mass is 363 g/mol. The van der Waals surface area contributed by atoms with Gasteiger partial charge in [-0.15, -0.1) is 12.4 Å². The van der Waals surface area contributed by atoms with Gasteiger partial charge in [-0.2, -0.15) is 5.10 Å². The Kier molecular flexibility index (Phi) is 6.97. The molecule has 1 unspecified atom stereocenters. The summed E-state index contributed by atoms with van der Waals surface area (Å²) in [6, 6.07) is 11.1. The predicted octanol–water partition coefficient (Wildman–Crippen LogP) is 1.60. The summed E-state index contributed by atoms with van der Waals surface area (Å²) in [5, 5.41) is 13.0. The first-order valence-electron chi connectivity index (χ1n) is 8.11. The molecule has 1 aliphatic rings. The van der Waals surface area contributed by atoms with Crippen molar-refractivity contribution in [3.05, 3.63) is 48.3 Å². The summed E-state index contributed by atoms with van der Waals surface area (Å²) in [5.41, 5.74) is 1.03. The lowest BCUT2D eigenvalue weighted by Gasteiger charge is -2.22. The van der Waals surface area contributed by atoms with Crippen LogP contribution >= 0.6 is 12.4 Å². The zero-order valence-corrected chi connectivity index (χ0v) is 14.6. The van der Waals surface area contributed by atoms with E-state index in [-0.39, 0.29) is 36.8 Å². The molecule has 3 N–H and O–H groups in total. The number of anilines is 1. The van der Waals surface area contributed by atoms with E-state index in [4.69, 9.17) is 0 Å². The Morgan fingerprint density at radius 1 is 1.24 bits per heavy atom. The van der Waals surface area contributed by atoms with E-state index in [1.165, 1.54) is 0 Å². The van der Waals surface area contributed by atoms with Crippen LogP contribution in [0.3, 0.4) is 0 Å². The Hall–Kier alpha value is -2.38. The molecule has 0 aliphatic carbocycles. The fourth-order valence-corrected chi connectivity index (χ4v) is 2.70. The third kappa shape index (κ3) is 5.30. The molecular formula is C17H22ClN5O2. The summed E-state index contributed by atoms with van der Waals surface area (Å²) in [5.74, 6) is -0.619. The van der Waals surface area contributed by atoms with Gasteiger partial charge < -0.3 is 16.0 Å². The lowest BCUT2D eigenvalue weighted by atomic mass is 10.1. The number of amides is 2. The summed E-state index contributed by atoms with van der Waals surface area (Å²) < 4.78 is 1.82. The van der Waals surface area contributed by atoms with Gasteiger partial charge in [-0.25, -0.2) is 0 Å². The van der Waals surface area contributed by atoms with Crippen molar-refractivity contribution in [3.8, 4) is 0 Å². The number of benzene rings is 1. The highest BCUT2D eigenvalue weighted by Crippen LogP contribution is 2.15. The van der Waals surface area contributed by atoms with Gasteiger partial charge in [-0.3, -0.25) is 14.3 Å². The fourth-order valence-electron chi connectivity index (χ4n) is 2.70. The third-order valence-corrected chi connectivity index (χ3v) is 3.95. The Balaban J connectivity index is 0.00000225. The van der Waals surface area contributed by atoms with E-state index in [1.807, 2.05) is 29.1 Å². The molecule has 8 heteroatoms. The molecule has 3 rings (SSSR count). The number of piperidine rings is 1. The number of para-hydroxylation sites is 1. The molecule has 0 spiro atoms. The van der Waals surface area contributed by atoms with Crippen LogP contribution in [0, 0.1) is 0 Å². The van der Waals surface area contributed by atoms with Crippen LogP contribution < -0.4 is 16.0 Å². The first-order chi connectivity index (χ1) is 11.7. The number of carbonyl (C=O) groups is 2. The average molecular weight is 364 g/mol. The third-order valence-electron chi connectivity index (χ3n) is 3.95. The molecule has 0 bridgehead atoms. The van der Waals surface area contributed by atoms with Gasteiger partial charge in [0.2, 0.25) is 5.91 Å². The van der Waals surface area contributed by atoms with E-state index < -0.39 is 0 Å². The van der Waals surface area contributed by atoms with Crippen LogP contribution in [-0.4, -0.2) is 41.2 Å². The van der Waals surface area contributed by atoms with E-state index in [0.717, 1.165) is 25.9 Å². The zero-order chi connectivity index (χ0) is 16.8.